The predicted octanol–water partition coefficient (Wildman–Crippen LogP) is 2.78. The SMILES string of the molecule is Cc1ccc(C(N)c2ccco2)cc1F. The Balaban J connectivity index is 2.34. The molecule has 3 heteroatoms. The molecule has 0 amide bonds. The van der Waals surface area contributed by atoms with Crippen molar-refractivity contribution in [2.45, 2.75) is 13.0 Å². The average molecular weight is 205 g/mol. The number of benzene rings is 1. The standard InChI is InChI=1S/C12H12FNO/c1-8-4-5-9(7-10(8)13)12(14)11-3-2-6-15-11/h2-7,12H,14H2,1H3. The summed E-state index contributed by atoms with van der Waals surface area (Å²) in [5.74, 6) is 0.396. The lowest BCUT2D eigenvalue weighted by Crippen LogP contribution is -2.11. The Morgan fingerprint density at radius 1 is 1.33 bits per heavy atom. The molecule has 1 unspecified atom stereocenters. The quantitative estimate of drug-likeness (QED) is 0.818. The molecular formula is C12H12FNO. The van der Waals surface area contributed by atoms with Gasteiger partial charge in [0.15, 0.2) is 0 Å². The van der Waals surface area contributed by atoms with Crippen LogP contribution in [0.15, 0.2) is 41.0 Å². The molecule has 78 valence electrons. The number of hydrogen-bond acceptors (Lipinski definition) is 2. The third-order valence-electron chi connectivity index (χ3n) is 2.40. The van der Waals surface area contributed by atoms with Gasteiger partial charge in [0.1, 0.15) is 11.6 Å². The van der Waals surface area contributed by atoms with E-state index in [4.69, 9.17) is 10.2 Å². The van der Waals surface area contributed by atoms with Gasteiger partial charge in [-0.3, -0.25) is 0 Å². The lowest BCUT2D eigenvalue weighted by molar-refractivity contribution is 0.488. The first kappa shape index (κ1) is 9.93. The van der Waals surface area contributed by atoms with Gasteiger partial charge in [-0.2, -0.15) is 0 Å². The van der Waals surface area contributed by atoms with Crippen LogP contribution < -0.4 is 5.73 Å². The van der Waals surface area contributed by atoms with Crippen molar-refractivity contribution in [2.24, 2.45) is 5.73 Å². The van der Waals surface area contributed by atoms with E-state index in [2.05, 4.69) is 0 Å². The van der Waals surface area contributed by atoms with Gasteiger partial charge in [-0.1, -0.05) is 12.1 Å². The van der Waals surface area contributed by atoms with Crippen LogP contribution in [0.5, 0.6) is 0 Å². The van der Waals surface area contributed by atoms with E-state index in [1.165, 1.54) is 6.07 Å². The molecule has 0 aliphatic carbocycles. The van der Waals surface area contributed by atoms with E-state index in [-0.39, 0.29) is 5.82 Å². The van der Waals surface area contributed by atoms with Crippen LogP contribution in [0.4, 0.5) is 4.39 Å². The van der Waals surface area contributed by atoms with Crippen LogP contribution in [0.3, 0.4) is 0 Å². The third kappa shape index (κ3) is 1.92. The molecule has 2 N–H and O–H groups in total. The van der Waals surface area contributed by atoms with Gasteiger partial charge in [-0.25, -0.2) is 4.39 Å². The summed E-state index contributed by atoms with van der Waals surface area (Å²) in [6, 6.07) is 8.11. The normalized spacial score (nSPS) is 12.7. The van der Waals surface area contributed by atoms with Crippen molar-refractivity contribution in [2.75, 3.05) is 0 Å². The molecule has 1 atom stereocenters. The summed E-state index contributed by atoms with van der Waals surface area (Å²) >= 11 is 0. The Morgan fingerprint density at radius 2 is 2.13 bits per heavy atom. The van der Waals surface area contributed by atoms with E-state index < -0.39 is 6.04 Å². The number of furan rings is 1. The van der Waals surface area contributed by atoms with E-state index >= 15 is 0 Å². The molecule has 0 radical (unpaired) electrons. The van der Waals surface area contributed by atoms with Crippen molar-refractivity contribution >= 4 is 0 Å². The van der Waals surface area contributed by atoms with Crippen LogP contribution in [0.2, 0.25) is 0 Å². The summed E-state index contributed by atoms with van der Waals surface area (Å²) in [7, 11) is 0. The van der Waals surface area contributed by atoms with E-state index in [1.54, 1.807) is 31.4 Å². The second-order valence-corrected chi connectivity index (χ2v) is 3.50. The minimum atomic E-state index is -0.407. The smallest absolute Gasteiger partial charge is 0.126 e. The fraction of sp³-hybridized carbons (Fsp3) is 0.167. The molecule has 0 aliphatic rings. The summed E-state index contributed by atoms with van der Waals surface area (Å²) in [5, 5.41) is 0. The lowest BCUT2D eigenvalue weighted by atomic mass is 10.0. The van der Waals surface area contributed by atoms with Gasteiger partial charge in [0.2, 0.25) is 0 Å². The van der Waals surface area contributed by atoms with Crippen LogP contribution >= 0.6 is 0 Å². The fourth-order valence-electron chi connectivity index (χ4n) is 1.44. The zero-order valence-electron chi connectivity index (χ0n) is 8.41. The van der Waals surface area contributed by atoms with Crippen LogP contribution in [-0.2, 0) is 0 Å². The number of halogens is 1. The highest BCUT2D eigenvalue weighted by Crippen LogP contribution is 2.21. The molecule has 2 rings (SSSR count). The van der Waals surface area contributed by atoms with Crippen LogP contribution in [0.1, 0.15) is 22.9 Å². The second kappa shape index (κ2) is 3.87. The van der Waals surface area contributed by atoms with Gasteiger partial charge in [-0.05, 0) is 36.2 Å². The highest BCUT2D eigenvalue weighted by Gasteiger charge is 2.12. The molecule has 0 aliphatic heterocycles. The zero-order chi connectivity index (χ0) is 10.8. The molecule has 2 aromatic rings. The van der Waals surface area contributed by atoms with E-state index in [1.807, 2.05) is 6.07 Å². The highest BCUT2D eigenvalue weighted by atomic mass is 19.1. The van der Waals surface area contributed by atoms with E-state index in [0.29, 0.717) is 16.9 Å². The maximum Gasteiger partial charge on any atom is 0.126 e. The van der Waals surface area contributed by atoms with Crippen molar-refractivity contribution in [3.05, 3.63) is 59.3 Å². The lowest BCUT2D eigenvalue weighted by Gasteiger charge is -2.09. The molecule has 0 saturated heterocycles. The Morgan fingerprint density at radius 3 is 2.73 bits per heavy atom. The molecule has 0 bridgehead atoms. The van der Waals surface area contributed by atoms with Gasteiger partial charge < -0.3 is 10.2 Å². The molecule has 15 heavy (non-hydrogen) atoms. The molecule has 0 saturated carbocycles. The molecule has 1 aromatic carbocycles. The fourth-order valence-corrected chi connectivity index (χ4v) is 1.44. The van der Waals surface area contributed by atoms with Crippen molar-refractivity contribution < 1.29 is 8.81 Å². The minimum absolute atomic E-state index is 0.241. The van der Waals surface area contributed by atoms with Crippen molar-refractivity contribution in [1.82, 2.24) is 0 Å². The van der Waals surface area contributed by atoms with E-state index in [0.717, 1.165) is 0 Å². The van der Waals surface area contributed by atoms with Gasteiger partial charge in [0.25, 0.3) is 0 Å². The van der Waals surface area contributed by atoms with Gasteiger partial charge in [0, 0.05) is 0 Å². The number of hydrogen-bond donors (Lipinski definition) is 1. The molecule has 1 heterocycles. The highest BCUT2D eigenvalue weighted by molar-refractivity contribution is 5.29. The summed E-state index contributed by atoms with van der Waals surface area (Å²) in [6.45, 7) is 1.72. The molecule has 0 spiro atoms. The summed E-state index contributed by atoms with van der Waals surface area (Å²) in [4.78, 5) is 0. The Bertz CT molecular complexity index is 451. The van der Waals surface area contributed by atoms with Crippen molar-refractivity contribution in [3.63, 3.8) is 0 Å². The largest absolute Gasteiger partial charge is 0.467 e. The van der Waals surface area contributed by atoms with Crippen LogP contribution in [0, 0.1) is 12.7 Å². The molecule has 1 aromatic heterocycles. The molecular weight excluding hydrogens is 193 g/mol. The topological polar surface area (TPSA) is 39.2 Å². The average Bonchev–Trinajstić information content (AvgIpc) is 2.74. The van der Waals surface area contributed by atoms with Gasteiger partial charge in [0.05, 0.1) is 12.3 Å². The first-order valence-corrected chi connectivity index (χ1v) is 4.73. The Hall–Kier alpha value is -1.61. The van der Waals surface area contributed by atoms with E-state index in [9.17, 15) is 4.39 Å². The monoisotopic (exact) mass is 205 g/mol. The molecule has 0 fully saturated rings. The van der Waals surface area contributed by atoms with Crippen LogP contribution in [-0.4, -0.2) is 0 Å². The third-order valence-corrected chi connectivity index (χ3v) is 2.40. The van der Waals surface area contributed by atoms with Crippen LogP contribution in [0.25, 0.3) is 0 Å². The maximum atomic E-state index is 13.3. The predicted molar refractivity (Wildman–Crippen MR) is 55.9 cm³/mol. The maximum absolute atomic E-state index is 13.3. The molecule has 2 nitrogen and oxygen atoms in total. The number of nitrogens with two attached hydrogens (primary N) is 1. The summed E-state index contributed by atoms with van der Waals surface area (Å²) in [5.41, 5.74) is 7.25. The van der Waals surface area contributed by atoms with Crippen molar-refractivity contribution in [1.29, 1.82) is 0 Å². The zero-order valence-corrected chi connectivity index (χ0v) is 8.41. The second-order valence-electron chi connectivity index (χ2n) is 3.50. The van der Waals surface area contributed by atoms with Crippen molar-refractivity contribution in [3.8, 4) is 0 Å². The summed E-state index contributed by atoms with van der Waals surface area (Å²) in [6.07, 6.45) is 1.56. The first-order chi connectivity index (χ1) is 7.18. The first-order valence-electron chi connectivity index (χ1n) is 4.73. The number of rotatable bonds is 2. The Kier molecular flexibility index (Phi) is 2.56. The minimum Gasteiger partial charge on any atom is -0.467 e. The van der Waals surface area contributed by atoms with Gasteiger partial charge >= 0.3 is 0 Å². The number of aryl methyl sites for hydroxylation is 1. The Labute approximate surface area is 87.5 Å². The summed E-state index contributed by atoms with van der Waals surface area (Å²) < 4.78 is 18.5. The van der Waals surface area contributed by atoms with Gasteiger partial charge in [-0.15, -0.1) is 0 Å².